The Labute approximate surface area is 148 Å². The number of aliphatic hydroxyl groups is 2. The van der Waals surface area contributed by atoms with Gasteiger partial charge in [0.2, 0.25) is 0 Å². The molecule has 6 heteroatoms. The van der Waals surface area contributed by atoms with E-state index in [9.17, 15) is 30.0 Å². The Bertz CT molecular complexity index is 1040. The predicted octanol–water partition coefficient (Wildman–Crippen LogP) is 2.46. The van der Waals surface area contributed by atoms with Gasteiger partial charge in [0.25, 0.3) is 0 Å². The number of carbonyl (C=O) groups excluding carboxylic acids is 2. The van der Waals surface area contributed by atoms with Crippen LogP contribution in [-0.2, 0) is 0 Å². The Balaban J connectivity index is 1.95. The van der Waals surface area contributed by atoms with Crippen molar-refractivity contribution >= 4 is 17.1 Å². The van der Waals surface area contributed by atoms with Crippen LogP contribution in [0.3, 0.4) is 0 Å². The van der Waals surface area contributed by atoms with Crippen LogP contribution in [0, 0.1) is 0 Å². The summed E-state index contributed by atoms with van der Waals surface area (Å²) in [4.78, 5) is 25.5. The average molecular weight is 350 g/mol. The van der Waals surface area contributed by atoms with Crippen LogP contribution in [0.25, 0.3) is 5.57 Å². The Kier molecular flexibility index (Phi) is 3.45. The van der Waals surface area contributed by atoms with Gasteiger partial charge in [0.1, 0.15) is 23.4 Å². The molecule has 0 spiro atoms. The van der Waals surface area contributed by atoms with E-state index in [0.29, 0.717) is 5.57 Å². The number of hydrogen-bond donors (Lipinski definition) is 4. The van der Waals surface area contributed by atoms with Crippen molar-refractivity contribution in [2.24, 2.45) is 0 Å². The van der Waals surface area contributed by atoms with Gasteiger partial charge in [-0.05, 0) is 17.7 Å². The van der Waals surface area contributed by atoms with E-state index >= 15 is 0 Å². The van der Waals surface area contributed by atoms with E-state index in [4.69, 9.17) is 0 Å². The van der Waals surface area contributed by atoms with E-state index < -0.39 is 29.2 Å². The zero-order chi connectivity index (χ0) is 18.6. The molecule has 0 saturated carbocycles. The van der Waals surface area contributed by atoms with Crippen molar-refractivity contribution in [3.63, 3.8) is 0 Å². The number of rotatable bonds is 1. The lowest BCUT2D eigenvalue weighted by Crippen LogP contribution is -2.22. The second-order valence-electron chi connectivity index (χ2n) is 6.25. The van der Waals surface area contributed by atoms with Gasteiger partial charge in [-0.3, -0.25) is 9.59 Å². The number of hydrogen-bond acceptors (Lipinski definition) is 6. The van der Waals surface area contributed by atoms with Crippen molar-refractivity contribution in [2.75, 3.05) is 0 Å². The Morgan fingerprint density at radius 3 is 2.08 bits per heavy atom. The highest BCUT2D eigenvalue weighted by Gasteiger charge is 2.36. The molecule has 130 valence electrons. The number of allylic oxidation sites excluding steroid dienone is 2. The van der Waals surface area contributed by atoms with E-state index in [1.54, 1.807) is 12.1 Å². The molecule has 2 aromatic rings. The summed E-state index contributed by atoms with van der Waals surface area (Å²) >= 11 is 0. The van der Waals surface area contributed by atoms with Gasteiger partial charge in [0.15, 0.2) is 11.6 Å². The summed E-state index contributed by atoms with van der Waals surface area (Å²) in [5.74, 6) is -2.16. The standard InChI is InChI=1S/C20H14O6/c21-13-6-5-9(7-14(13)22)12-8-15(23)16-17(20(12)26)19(25)11-4-2-1-3-10(11)18(16)24/h1-6,8,14,21-23,26H,7H2. The molecule has 2 aliphatic carbocycles. The van der Waals surface area contributed by atoms with Crippen molar-refractivity contribution in [1.29, 1.82) is 0 Å². The Morgan fingerprint density at radius 2 is 1.46 bits per heavy atom. The van der Waals surface area contributed by atoms with Crippen LogP contribution in [0.5, 0.6) is 11.5 Å². The first kappa shape index (κ1) is 16.1. The summed E-state index contributed by atoms with van der Waals surface area (Å²) in [5, 5.41) is 40.4. The van der Waals surface area contributed by atoms with Crippen LogP contribution in [0.4, 0.5) is 0 Å². The molecule has 6 nitrogen and oxygen atoms in total. The van der Waals surface area contributed by atoms with Crippen molar-refractivity contribution in [1.82, 2.24) is 0 Å². The third kappa shape index (κ3) is 2.16. The van der Waals surface area contributed by atoms with Crippen molar-refractivity contribution in [3.8, 4) is 11.5 Å². The molecule has 0 radical (unpaired) electrons. The lowest BCUT2D eigenvalue weighted by molar-refractivity contribution is 0.0974. The normalized spacial score (nSPS) is 18.7. The molecule has 1 atom stereocenters. The van der Waals surface area contributed by atoms with Crippen molar-refractivity contribution in [2.45, 2.75) is 12.5 Å². The number of aliphatic hydroxyl groups excluding tert-OH is 2. The second-order valence-corrected chi connectivity index (χ2v) is 6.25. The highest BCUT2D eigenvalue weighted by atomic mass is 16.3. The second kappa shape index (κ2) is 5.57. The topological polar surface area (TPSA) is 115 Å². The van der Waals surface area contributed by atoms with Gasteiger partial charge < -0.3 is 20.4 Å². The molecule has 0 saturated heterocycles. The molecule has 2 aromatic carbocycles. The first-order chi connectivity index (χ1) is 12.4. The molecule has 26 heavy (non-hydrogen) atoms. The summed E-state index contributed by atoms with van der Waals surface area (Å²) < 4.78 is 0. The fraction of sp³-hybridized carbons (Fsp3) is 0.100. The maximum Gasteiger partial charge on any atom is 0.198 e. The monoisotopic (exact) mass is 350 g/mol. The van der Waals surface area contributed by atoms with Crippen LogP contribution >= 0.6 is 0 Å². The van der Waals surface area contributed by atoms with Gasteiger partial charge >= 0.3 is 0 Å². The minimum atomic E-state index is -1.15. The lowest BCUT2D eigenvalue weighted by Gasteiger charge is -2.23. The van der Waals surface area contributed by atoms with Crippen LogP contribution < -0.4 is 0 Å². The van der Waals surface area contributed by atoms with E-state index in [-0.39, 0.29) is 40.0 Å². The maximum atomic E-state index is 12.8. The van der Waals surface area contributed by atoms with Crippen LogP contribution in [0.2, 0.25) is 0 Å². The zero-order valence-corrected chi connectivity index (χ0v) is 13.4. The number of phenols is 2. The first-order valence-electron chi connectivity index (χ1n) is 7.95. The van der Waals surface area contributed by atoms with Gasteiger partial charge in [-0.15, -0.1) is 0 Å². The predicted molar refractivity (Wildman–Crippen MR) is 92.4 cm³/mol. The van der Waals surface area contributed by atoms with E-state index in [0.717, 1.165) is 0 Å². The van der Waals surface area contributed by atoms with Crippen LogP contribution in [0.1, 0.15) is 43.8 Å². The quantitative estimate of drug-likeness (QED) is 0.501. The molecular weight excluding hydrogens is 336 g/mol. The van der Waals surface area contributed by atoms with Crippen molar-refractivity contribution < 1.29 is 30.0 Å². The number of benzene rings is 2. The summed E-state index contributed by atoms with van der Waals surface area (Å²) in [6, 6.07) is 7.42. The number of carbonyl (C=O) groups is 2. The summed E-state index contributed by atoms with van der Waals surface area (Å²) in [6.45, 7) is 0. The zero-order valence-electron chi connectivity index (χ0n) is 13.4. The molecular formula is C20H14O6. The summed E-state index contributed by atoms with van der Waals surface area (Å²) in [5.41, 5.74) is 0.400. The van der Waals surface area contributed by atoms with Crippen LogP contribution in [0.15, 0.2) is 48.2 Å². The SMILES string of the molecule is O=C1c2ccccc2C(=O)c2c(O)c(C3=CC=C(O)C(O)C3)cc(O)c21. The highest BCUT2D eigenvalue weighted by Crippen LogP contribution is 2.43. The van der Waals surface area contributed by atoms with Gasteiger partial charge in [-0.2, -0.15) is 0 Å². The fourth-order valence-electron chi connectivity index (χ4n) is 3.38. The Morgan fingerprint density at radius 1 is 0.846 bits per heavy atom. The van der Waals surface area contributed by atoms with E-state index in [1.165, 1.54) is 30.4 Å². The maximum absolute atomic E-state index is 12.8. The molecule has 0 fully saturated rings. The molecule has 0 bridgehead atoms. The molecule has 0 aliphatic heterocycles. The lowest BCUT2D eigenvalue weighted by atomic mass is 9.80. The number of ketones is 2. The molecule has 1 unspecified atom stereocenters. The molecule has 2 aliphatic rings. The van der Waals surface area contributed by atoms with Gasteiger partial charge in [-0.1, -0.05) is 30.3 Å². The number of fused-ring (bicyclic) bond motifs is 2. The minimum Gasteiger partial charge on any atom is -0.510 e. The molecule has 4 rings (SSSR count). The number of phenolic OH excluding ortho intramolecular Hbond substituents is 2. The molecule has 0 heterocycles. The minimum absolute atomic E-state index is 0.00710. The smallest absolute Gasteiger partial charge is 0.198 e. The summed E-state index contributed by atoms with van der Waals surface area (Å²) in [7, 11) is 0. The van der Waals surface area contributed by atoms with E-state index in [1.807, 2.05) is 0 Å². The summed E-state index contributed by atoms with van der Waals surface area (Å²) in [6.07, 6.45) is 1.60. The number of aromatic hydroxyl groups is 2. The van der Waals surface area contributed by atoms with E-state index in [2.05, 4.69) is 0 Å². The fourth-order valence-corrected chi connectivity index (χ4v) is 3.38. The Hall–Kier alpha value is -3.38. The van der Waals surface area contributed by atoms with Gasteiger partial charge in [-0.25, -0.2) is 0 Å². The average Bonchev–Trinajstić information content (AvgIpc) is 2.63. The van der Waals surface area contributed by atoms with Gasteiger partial charge in [0.05, 0.1) is 11.1 Å². The highest BCUT2D eigenvalue weighted by molar-refractivity contribution is 6.30. The largest absolute Gasteiger partial charge is 0.510 e. The van der Waals surface area contributed by atoms with Crippen molar-refractivity contribution in [3.05, 3.63) is 76.1 Å². The molecule has 0 aromatic heterocycles. The molecule has 4 N–H and O–H groups in total. The third-order valence-corrected chi connectivity index (χ3v) is 4.71. The first-order valence-corrected chi connectivity index (χ1v) is 7.95. The van der Waals surface area contributed by atoms with Gasteiger partial charge in [0, 0.05) is 23.1 Å². The van der Waals surface area contributed by atoms with Crippen LogP contribution in [-0.4, -0.2) is 38.1 Å². The third-order valence-electron chi connectivity index (χ3n) is 4.71. The molecule has 0 amide bonds.